The van der Waals surface area contributed by atoms with E-state index in [1.54, 1.807) is 7.05 Å². The van der Waals surface area contributed by atoms with Gasteiger partial charge in [0, 0.05) is 5.56 Å². The number of Topliss-reactive ketones (excluding diaryl/α,β-unsaturated/α-hetero) is 1. The van der Waals surface area contributed by atoms with E-state index >= 15 is 0 Å². The number of nitrogens with zero attached hydrogens (tertiary/aromatic N) is 4. The molecular weight excluding hydrogens is 216 g/mol. The summed E-state index contributed by atoms with van der Waals surface area (Å²) in [5.74, 6) is 0.494. The van der Waals surface area contributed by atoms with E-state index in [1.165, 1.54) is 4.80 Å². The zero-order valence-corrected chi connectivity index (χ0v) is 10.1. The molecule has 0 aliphatic carbocycles. The van der Waals surface area contributed by atoms with Gasteiger partial charge in [-0.3, -0.25) is 4.79 Å². The van der Waals surface area contributed by atoms with Crippen LogP contribution in [-0.2, 0) is 13.5 Å². The molecule has 0 bridgehead atoms. The molecule has 0 aliphatic rings. The smallest absolute Gasteiger partial charge is 0.182 e. The molecule has 0 amide bonds. The Labute approximate surface area is 99.5 Å². The molecule has 2 rings (SSSR count). The van der Waals surface area contributed by atoms with Crippen molar-refractivity contribution >= 4 is 5.78 Å². The van der Waals surface area contributed by atoms with E-state index in [1.807, 2.05) is 32.0 Å². The maximum absolute atomic E-state index is 12.1. The Morgan fingerprint density at radius 3 is 2.47 bits per heavy atom. The van der Waals surface area contributed by atoms with Crippen molar-refractivity contribution in [2.75, 3.05) is 0 Å². The Morgan fingerprint density at radius 1 is 1.29 bits per heavy atom. The van der Waals surface area contributed by atoms with Crippen LogP contribution in [0.5, 0.6) is 0 Å². The third-order valence-corrected chi connectivity index (χ3v) is 2.63. The lowest BCUT2D eigenvalue weighted by molar-refractivity contribution is 0.0989. The third-order valence-electron chi connectivity index (χ3n) is 2.63. The van der Waals surface area contributed by atoms with Gasteiger partial charge in [-0.15, -0.1) is 10.2 Å². The van der Waals surface area contributed by atoms with E-state index in [4.69, 9.17) is 0 Å². The molecule has 0 atom stereocenters. The standard InChI is InChI=1S/C12H14N4O/c1-8-5-4-6-9(2)12(8)10(17)7-11-13-15-16(3)14-11/h4-6H,7H2,1-3H3. The highest BCUT2D eigenvalue weighted by Crippen LogP contribution is 2.15. The summed E-state index contributed by atoms with van der Waals surface area (Å²) in [6.07, 6.45) is 0.194. The molecule has 0 N–H and O–H groups in total. The molecular formula is C12H14N4O. The number of benzene rings is 1. The van der Waals surface area contributed by atoms with Crippen LogP contribution in [0.25, 0.3) is 0 Å². The maximum Gasteiger partial charge on any atom is 0.182 e. The number of hydrogen-bond acceptors (Lipinski definition) is 4. The van der Waals surface area contributed by atoms with Crippen LogP contribution in [0.4, 0.5) is 0 Å². The van der Waals surface area contributed by atoms with Crippen LogP contribution in [-0.4, -0.2) is 26.0 Å². The molecule has 0 fully saturated rings. The van der Waals surface area contributed by atoms with Gasteiger partial charge in [-0.1, -0.05) is 18.2 Å². The van der Waals surface area contributed by atoms with E-state index in [9.17, 15) is 4.79 Å². The highest BCUT2D eigenvalue weighted by Gasteiger charge is 2.14. The summed E-state index contributed by atoms with van der Waals surface area (Å²) in [6, 6.07) is 5.82. The minimum Gasteiger partial charge on any atom is -0.294 e. The SMILES string of the molecule is Cc1cccc(C)c1C(=O)Cc1nnn(C)n1. The van der Waals surface area contributed by atoms with Gasteiger partial charge in [0.05, 0.1) is 13.5 Å². The first kappa shape index (κ1) is 11.4. The summed E-state index contributed by atoms with van der Waals surface area (Å²) in [5.41, 5.74) is 2.73. The normalized spacial score (nSPS) is 10.5. The summed E-state index contributed by atoms with van der Waals surface area (Å²) in [6.45, 7) is 3.87. The van der Waals surface area contributed by atoms with Crippen molar-refractivity contribution in [2.24, 2.45) is 7.05 Å². The van der Waals surface area contributed by atoms with E-state index in [0.29, 0.717) is 5.82 Å². The first-order valence-electron chi connectivity index (χ1n) is 5.40. The Balaban J connectivity index is 2.26. The van der Waals surface area contributed by atoms with Crippen molar-refractivity contribution in [3.8, 4) is 0 Å². The fraction of sp³-hybridized carbons (Fsp3) is 0.333. The van der Waals surface area contributed by atoms with Crippen molar-refractivity contribution in [2.45, 2.75) is 20.3 Å². The molecule has 5 nitrogen and oxygen atoms in total. The largest absolute Gasteiger partial charge is 0.294 e. The van der Waals surface area contributed by atoms with Crippen LogP contribution in [0.15, 0.2) is 18.2 Å². The first-order valence-corrected chi connectivity index (χ1v) is 5.40. The summed E-state index contributed by atoms with van der Waals surface area (Å²) < 4.78 is 0. The number of hydrogen-bond donors (Lipinski definition) is 0. The Morgan fingerprint density at radius 2 is 1.94 bits per heavy atom. The highest BCUT2D eigenvalue weighted by molar-refractivity contribution is 5.99. The number of rotatable bonds is 3. The number of tetrazole rings is 1. The van der Waals surface area contributed by atoms with Crippen LogP contribution in [0.3, 0.4) is 0 Å². The third kappa shape index (κ3) is 2.38. The topological polar surface area (TPSA) is 60.7 Å². The fourth-order valence-electron chi connectivity index (χ4n) is 1.88. The Hall–Kier alpha value is -2.04. The van der Waals surface area contributed by atoms with Crippen molar-refractivity contribution in [1.29, 1.82) is 0 Å². The predicted octanol–water partition coefficient (Wildman–Crippen LogP) is 1.25. The molecule has 0 saturated heterocycles. The van der Waals surface area contributed by atoms with Gasteiger partial charge in [0.15, 0.2) is 11.6 Å². The summed E-state index contributed by atoms with van der Waals surface area (Å²) in [5, 5.41) is 11.5. The van der Waals surface area contributed by atoms with Gasteiger partial charge >= 0.3 is 0 Å². The van der Waals surface area contributed by atoms with Gasteiger partial charge in [-0.2, -0.15) is 4.80 Å². The van der Waals surface area contributed by atoms with Crippen molar-refractivity contribution < 1.29 is 4.79 Å². The van der Waals surface area contributed by atoms with E-state index in [-0.39, 0.29) is 12.2 Å². The molecule has 88 valence electrons. The average molecular weight is 230 g/mol. The number of carbonyl (C=O) groups excluding carboxylic acids is 1. The minimum atomic E-state index is 0.0357. The molecule has 17 heavy (non-hydrogen) atoms. The second kappa shape index (κ2) is 4.45. The Kier molecular flexibility index (Phi) is 2.99. The van der Waals surface area contributed by atoms with Gasteiger partial charge in [-0.25, -0.2) is 0 Å². The van der Waals surface area contributed by atoms with E-state index in [2.05, 4.69) is 15.4 Å². The van der Waals surface area contributed by atoms with Gasteiger partial charge in [-0.05, 0) is 30.2 Å². The van der Waals surface area contributed by atoms with E-state index in [0.717, 1.165) is 16.7 Å². The van der Waals surface area contributed by atoms with Crippen molar-refractivity contribution in [1.82, 2.24) is 20.2 Å². The number of ketones is 1. The van der Waals surface area contributed by atoms with Gasteiger partial charge in [0.2, 0.25) is 0 Å². The maximum atomic E-state index is 12.1. The molecule has 0 spiro atoms. The zero-order chi connectivity index (χ0) is 12.4. The monoisotopic (exact) mass is 230 g/mol. The summed E-state index contributed by atoms with van der Waals surface area (Å²) in [4.78, 5) is 13.5. The second-order valence-corrected chi connectivity index (χ2v) is 4.06. The molecule has 0 aliphatic heterocycles. The summed E-state index contributed by atoms with van der Waals surface area (Å²) >= 11 is 0. The van der Waals surface area contributed by atoms with E-state index < -0.39 is 0 Å². The minimum absolute atomic E-state index is 0.0357. The van der Waals surface area contributed by atoms with Crippen molar-refractivity contribution in [3.05, 3.63) is 40.7 Å². The first-order chi connectivity index (χ1) is 8.08. The molecule has 2 aromatic rings. The molecule has 0 radical (unpaired) electrons. The lowest BCUT2D eigenvalue weighted by atomic mass is 9.97. The van der Waals surface area contributed by atoms with Crippen LogP contribution >= 0.6 is 0 Å². The quantitative estimate of drug-likeness (QED) is 0.744. The lowest BCUT2D eigenvalue weighted by Gasteiger charge is -2.06. The molecule has 1 aromatic heterocycles. The van der Waals surface area contributed by atoms with Crippen LogP contribution in [0.2, 0.25) is 0 Å². The number of aryl methyl sites for hydroxylation is 3. The number of aromatic nitrogens is 4. The molecule has 0 saturated carbocycles. The van der Waals surface area contributed by atoms with Gasteiger partial charge < -0.3 is 0 Å². The van der Waals surface area contributed by atoms with Crippen LogP contribution in [0.1, 0.15) is 27.3 Å². The van der Waals surface area contributed by atoms with Crippen LogP contribution < -0.4 is 0 Å². The fourth-order valence-corrected chi connectivity index (χ4v) is 1.88. The molecule has 5 heteroatoms. The lowest BCUT2D eigenvalue weighted by Crippen LogP contribution is -2.09. The highest BCUT2D eigenvalue weighted by atomic mass is 16.1. The Bertz CT molecular complexity index is 539. The van der Waals surface area contributed by atoms with Gasteiger partial charge in [0.25, 0.3) is 0 Å². The second-order valence-electron chi connectivity index (χ2n) is 4.06. The average Bonchev–Trinajstić information content (AvgIpc) is 2.63. The van der Waals surface area contributed by atoms with Crippen LogP contribution in [0, 0.1) is 13.8 Å². The zero-order valence-electron chi connectivity index (χ0n) is 10.1. The molecule has 1 aromatic carbocycles. The summed E-state index contributed by atoms with van der Waals surface area (Å²) in [7, 11) is 1.68. The molecule has 0 unspecified atom stereocenters. The number of carbonyl (C=O) groups is 1. The van der Waals surface area contributed by atoms with Gasteiger partial charge in [0.1, 0.15) is 0 Å². The van der Waals surface area contributed by atoms with Crippen molar-refractivity contribution in [3.63, 3.8) is 0 Å². The predicted molar refractivity (Wildman–Crippen MR) is 62.7 cm³/mol. The molecule has 1 heterocycles.